The summed E-state index contributed by atoms with van der Waals surface area (Å²) < 4.78 is 10.6. The number of ether oxygens (including phenoxy) is 2. The van der Waals surface area contributed by atoms with Gasteiger partial charge < -0.3 is 40.5 Å². The van der Waals surface area contributed by atoms with Crippen LogP contribution in [-0.4, -0.2) is 124 Å². The summed E-state index contributed by atoms with van der Waals surface area (Å²) in [5, 5.41) is 13.7. The average Bonchev–Trinajstić information content (AvgIpc) is 3.31. The standard InChI is InChI=1S/C52H90N8O6/c1-59(2)51(63)65-47-33-31-41-57-49(47)45(61)43-55-39-29-23-17-9-5-7-13-19-25-35-53-37-27-21-15-11-12-16-22-28-38-54-36-26-20-14-8-6-10-18-24-30-40-56-44-46(62)50-48(34-32-42-58-50)66-52(64)60(3)4/h31-34,41-42,53-56H,5-30,35-40,43-44H2,1-4H3. The van der Waals surface area contributed by atoms with Crippen LogP contribution < -0.4 is 30.7 Å². The van der Waals surface area contributed by atoms with Crippen LogP contribution in [0.5, 0.6) is 11.5 Å². The molecule has 4 N–H and O–H groups in total. The number of nitrogens with zero attached hydrogens (tertiary/aromatic N) is 4. The van der Waals surface area contributed by atoms with Crippen molar-refractivity contribution in [3.05, 3.63) is 48.0 Å². The number of hydrogen-bond donors (Lipinski definition) is 4. The van der Waals surface area contributed by atoms with Crippen molar-refractivity contribution in [3.8, 4) is 11.5 Å². The number of carbonyl (C=O) groups excluding carboxylic acids is 4. The van der Waals surface area contributed by atoms with E-state index in [0.29, 0.717) is 0 Å². The van der Waals surface area contributed by atoms with Gasteiger partial charge in [0.15, 0.2) is 34.5 Å². The number of amides is 2. The minimum atomic E-state index is -0.533. The normalized spacial score (nSPS) is 11.2. The van der Waals surface area contributed by atoms with Gasteiger partial charge in [-0.15, -0.1) is 0 Å². The molecule has 66 heavy (non-hydrogen) atoms. The molecule has 0 saturated heterocycles. The van der Waals surface area contributed by atoms with Crippen LogP contribution in [0.1, 0.15) is 188 Å². The van der Waals surface area contributed by atoms with E-state index in [1.54, 1.807) is 52.5 Å². The first kappa shape index (κ1) is 58.1. The number of hydrogen-bond acceptors (Lipinski definition) is 12. The summed E-state index contributed by atoms with van der Waals surface area (Å²) in [5.41, 5.74) is 0.364. The lowest BCUT2D eigenvalue weighted by Gasteiger charge is -2.12. The van der Waals surface area contributed by atoms with E-state index in [-0.39, 0.29) is 47.5 Å². The predicted molar refractivity (Wildman–Crippen MR) is 268 cm³/mol. The van der Waals surface area contributed by atoms with E-state index in [1.807, 2.05) is 0 Å². The molecule has 374 valence electrons. The van der Waals surface area contributed by atoms with Gasteiger partial charge in [-0.25, -0.2) is 19.6 Å². The number of nitrogens with one attached hydrogen (secondary N) is 4. The maximum Gasteiger partial charge on any atom is 0.414 e. The van der Waals surface area contributed by atoms with Crippen molar-refractivity contribution >= 4 is 23.8 Å². The first-order valence-electron chi connectivity index (χ1n) is 25.8. The lowest BCUT2D eigenvalue weighted by atomic mass is 10.1. The molecule has 0 aliphatic heterocycles. The average molecular weight is 923 g/mol. The molecule has 0 bridgehead atoms. The summed E-state index contributed by atoms with van der Waals surface area (Å²) in [4.78, 5) is 59.8. The topological polar surface area (TPSA) is 167 Å². The number of carbonyl (C=O) groups is 4. The van der Waals surface area contributed by atoms with E-state index >= 15 is 0 Å². The van der Waals surface area contributed by atoms with Crippen molar-refractivity contribution in [1.82, 2.24) is 41.0 Å². The van der Waals surface area contributed by atoms with Gasteiger partial charge in [-0.2, -0.15) is 0 Å². The third kappa shape index (κ3) is 30.3. The van der Waals surface area contributed by atoms with Crippen LogP contribution in [0, 0.1) is 0 Å². The van der Waals surface area contributed by atoms with Crippen molar-refractivity contribution < 1.29 is 28.7 Å². The Morgan fingerprint density at radius 2 is 0.636 bits per heavy atom. The van der Waals surface area contributed by atoms with Crippen molar-refractivity contribution in [2.45, 2.75) is 167 Å². The number of ketones is 2. The number of aromatic nitrogens is 2. The highest BCUT2D eigenvalue weighted by atomic mass is 16.6. The molecule has 2 amide bonds. The van der Waals surface area contributed by atoms with Crippen LogP contribution in [0.4, 0.5) is 9.59 Å². The van der Waals surface area contributed by atoms with Gasteiger partial charge in [-0.1, -0.05) is 128 Å². The van der Waals surface area contributed by atoms with Crippen molar-refractivity contribution in [2.24, 2.45) is 0 Å². The van der Waals surface area contributed by atoms with Gasteiger partial charge in [0.25, 0.3) is 0 Å². The molecular formula is C52H90N8O6. The van der Waals surface area contributed by atoms with Gasteiger partial charge in [-0.05, 0) is 102 Å². The molecule has 0 aromatic carbocycles. The molecule has 14 nitrogen and oxygen atoms in total. The van der Waals surface area contributed by atoms with E-state index in [9.17, 15) is 19.2 Å². The first-order valence-corrected chi connectivity index (χ1v) is 25.8. The molecule has 0 unspecified atom stereocenters. The molecule has 2 aromatic rings. The molecule has 0 aliphatic carbocycles. The molecule has 0 aliphatic rings. The van der Waals surface area contributed by atoms with Crippen molar-refractivity contribution in [3.63, 3.8) is 0 Å². The molecule has 0 spiro atoms. The highest BCUT2D eigenvalue weighted by Crippen LogP contribution is 2.18. The largest absolute Gasteiger partial charge is 0.414 e. The fourth-order valence-electron chi connectivity index (χ4n) is 7.59. The van der Waals surface area contributed by atoms with Crippen LogP contribution >= 0.6 is 0 Å². The minimum absolute atomic E-state index is 0.178. The van der Waals surface area contributed by atoms with Crippen molar-refractivity contribution in [2.75, 3.05) is 80.5 Å². The molecule has 2 heterocycles. The second-order valence-electron chi connectivity index (χ2n) is 18.1. The number of unbranched alkanes of at least 4 members (excludes halogenated alkanes) is 23. The second kappa shape index (κ2) is 40.1. The van der Waals surface area contributed by atoms with E-state index in [2.05, 4.69) is 31.2 Å². The Morgan fingerprint density at radius 3 is 0.894 bits per heavy atom. The maximum atomic E-state index is 12.6. The molecule has 2 aromatic heterocycles. The van der Waals surface area contributed by atoms with Gasteiger partial charge in [0, 0.05) is 40.6 Å². The number of Topliss-reactive ketones (excluding diaryl/α,β-unsaturated/α-hetero) is 2. The Kier molecular flexibility index (Phi) is 35.3. The van der Waals surface area contributed by atoms with Crippen LogP contribution in [-0.2, 0) is 0 Å². The van der Waals surface area contributed by atoms with E-state index in [0.717, 1.165) is 52.1 Å². The summed E-state index contributed by atoms with van der Waals surface area (Å²) in [6.45, 7) is 6.56. The number of rotatable bonds is 43. The summed E-state index contributed by atoms with van der Waals surface area (Å²) in [6.07, 6.45) is 35.4. The molecule has 14 heteroatoms. The summed E-state index contributed by atoms with van der Waals surface area (Å²) in [7, 11) is 6.39. The maximum absolute atomic E-state index is 12.6. The highest BCUT2D eigenvalue weighted by Gasteiger charge is 2.18. The van der Waals surface area contributed by atoms with Crippen LogP contribution in [0.2, 0.25) is 0 Å². The summed E-state index contributed by atoms with van der Waals surface area (Å²) in [5.74, 6) is 0.0330. The Bertz CT molecular complexity index is 1450. The molecule has 0 radical (unpaired) electrons. The van der Waals surface area contributed by atoms with Gasteiger partial charge in [0.2, 0.25) is 0 Å². The van der Waals surface area contributed by atoms with E-state index in [4.69, 9.17) is 9.47 Å². The minimum Gasteiger partial charge on any atom is -0.408 e. The van der Waals surface area contributed by atoms with Crippen LogP contribution in [0.15, 0.2) is 36.7 Å². The second-order valence-corrected chi connectivity index (χ2v) is 18.1. The Morgan fingerprint density at radius 1 is 0.394 bits per heavy atom. The Balaban J connectivity index is 1.21. The Labute approximate surface area is 399 Å². The highest BCUT2D eigenvalue weighted by molar-refractivity contribution is 5.99. The quantitative estimate of drug-likeness (QED) is 0.0368. The Hall–Kier alpha value is -3.98. The van der Waals surface area contributed by atoms with E-state index < -0.39 is 12.2 Å². The molecule has 0 atom stereocenters. The third-order valence-electron chi connectivity index (χ3n) is 11.6. The smallest absolute Gasteiger partial charge is 0.408 e. The van der Waals surface area contributed by atoms with Crippen LogP contribution in [0.25, 0.3) is 0 Å². The third-order valence-corrected chi connectivity index (χ3v) is 11.6. The number of pyridine rings is 2. The fourth-order valence-corrected chi connectivity index (χ4v) is 7.59. The SMILES string of the molecule is CN(C)C(=O)Oc1cccnc1C(=O)CNCCCCCCCCCCCNCCCCCCCCCCNCCCCCCCCCCCNCC(=O)c1ncccc1OC(=O)N(C)C. The fraction of sp³-hybridized carbons (Fsp3) is 0.731. The first-order chi connectivity index (χ1) is 32.2. The predicted octanol–water partition coefficient (Wildman–Crippen LogP) is 10.2. The lowest BCUT2D eigenvalue weighted by Crippen LogP contribution is -2.28. The van der Waals surface area contributed by atoms with E-state index in [1.165, 1.54) is 176 Å². The molecule has 0 fully saturated rings. The molecule has 2 rings (SSSR count). The van der Waals surface area contributed by atoms with Crippen molar-refractivity contribution in [1.29, 1.82) is 0 Å². The van der Waals surface area contributed by atoms with Gasteiger partial charge >= 0.3 is 12.2 Å². The van der Waals surface area contributed by atoms with Gasteiger partial charge in [-0.3, -0.25) is 9.59 Å². The van der Waals surface area contributed by atoms with Gasteiger partial charge in [0.05, 0.1) is 13.1 Å². The molecular weight excluding hydrogens is 833 g/mol. The zero-order valence-corrected chi connectivity index (χ0v) is 41.7. The summed E-state index contributed by atoms with van der Waals surface area (Å²) >= 11 is 0. The van der Waals surface area contributed by atoms with Crippen LogP contribution in [0.3, 0.4) is 0 Å². The van der Waals surface area contributed by atoms with Gasteiger partial charge in [0.1, 0.15) is 0 Å². The monoisotopic (exact) mass is 923 g/mol. The molecule has 0 saturated carbocycles. The zero-order chi connectivity index (χ0) is 47.7. The zero-order valence-electron chi connectivity index (χ0n) is 41.7. The lowest BCUT2D eigenvalue weighted by molar-refractivity contribution is 0.0974. The summed E-state index contributed by atoms with van der Waals surface area (Å²) in [6, 6.07) is 6.49.